The maximum Gasteiger partial charge on any atom is 0.245 e. The number of fused-ring (bicyclic) bond motifs is 3. The second-order valence-electron chi connectivity index (χ2n) is 14.6. The third-order valence-corrected chi connectivity index (χ3v) is 11.1. The van der Waals surface area contributed by atoms with Crippen molar-refractivity contribution >= 4 is 34.4 Å². The van der Waals surface area contributed by atoms with E-state index < -0.39 is 11.5 Å². The van der Waals surface area contributed by atoms with Crippen molar-refractivity contribution in [3.8, 4) is 0 Å². The molecule has 2 bridgehead atoms. The molecule has 3 atom stereocenters. The van der Waals surface area contributed by atoms with E-state index >= 15 is 0 Å². The van der Waals surface area contributed by atoms with Crippen LogP contribution in [0.2, 0.25) is 0 Å². The molecule has 9 heteroatoms. The lowest BCUT2D eigenvalue weighted by atomic mass is 9.70. The fourth-order valence-electron chi connectivity index (χ4n) is 8.48. The van der Waals surface area contributed by atoms with Gasteiger partial charge in [0.15, 0.2) is 0 Å². The smallest absolute Gasteiger partial charge is 0.245 e. The summed E-state index contributed by atoms with van der Waals surface area (Å²) in [7, 11) is 0. The fourth-order valence-corrected chi connectivity index (χ4v) is 8.55. The van der Waals surface area contributed by atoms with Crippen LogP contribution in [0.4, 0.5) is 4.39 Å². The van der Waals surface area contributed by atoms with Crippen molar-refractivity contribution in [2.75, 3.05) is 25.5 Å². The number of likely N-dealkylation sites (tertiary alicyclic amines) is 1. The van der Waals surface area contributed by atoms with Crippen molar-refractivity contribution in [2.45, 2.75) is 102 Å². The number of hydrogen-bond acceptors (Lipinski definition) is 4. The summed E-state index contributed by atoms with van der Waals surface area (Å²) >= 11 is 5.77. The SMILES string of the molecule is Cc1nc2ccccc2n1C1CC2CCC(C1)N2CCC1(c2cccc(F)c2)CCN(C(=O)[C@@H](NC(=O)CCl)C(C)(C)C)CC1. The minimum Gasteiger partial charge on any atom is -0.343 e. The Hall–Kier alpha value is -2.97. The Morgan fingerprint density at radius 1 is 1.04 bits per heavy atom. The molecule has 1 aromatic heterocycles. The van der Waals surface area contributed by atoms with Crippen LogP contribution < -0.4 is 5.32 Å². The van der Waals surface area contributed by atoms with E-state index in [4.69, 9.17) is 16.6 Å². The molecule has 2 amide bonds. The zero-order chi connectivity index (χ0) is 31.9. The molecule has 0 spiro atoms. The van der Waals surface area contributed by atoms with Gasteiger partial charge >= 0.3 is 0 Å². The number of carbonyl (C=O) groups excluding carboxylic acids is 2. The highest BCUT2D eigenvalue weighted by Gasteiger charge is 2.45. The normalized spacial score (nSPS) is 24.1. The number of para-hydroxylation sites is 2. The zero-order valence-electron chi connectivity index (χ0n) is 27.1. The van der Waals surface area contributed by atoms with Crippen LogP contribution >= 0.6 is 11.6 Å². The van der Waals surface area contributed by atoms with Gasteiger partial charge in [0, 0.05) is 31.2 Å². The molecule has 2 aromatic carbocycles. The summed E-state index contributed by atoms with van der Waals surface area (Å²) in [5.74, 6) is 0.282. The van der Waals surface area contributed by atoms with Crippen LogP contribution in [0.1, 0.15) is 83.1 Å². The van der Waals surface area contributed by atoms with Gasteiger partial charge < -0.3 is 14.8 Å². The minimum atomic E-state index is -0.654. The van der Waals surface area contributed by atoms with Crippen LogP contribution in [0.15, 0.2) is 48.5 Å². The average molecular weight is 636 g/mol. The molecule has 3 aromatic rings. The molecule has 242 valence electrons. The Morgan fingerprint density at radius 2 is 1.73 bits per heavy atom. The molecule has 3 fully saturated rings. The van der Waals surface area contributed by atoms with Crippen molar-refractivity contribution < 1.29 is 14.0 Å². The van der Waals surface area contributed by atoms with Gasteiger partial charge in [0.1, 0.15) is 23.6 Å². The molecule has 4 heterocycles. The van der Waals surface area contributed by atoms with E-state index in [1.54, 1.807) is 6.07 Å². The van der Waals surface area contributed by atoms with Gasteiger partial charge in [-0.05, 0) is 99.1 Å². The highest BCUT2D eigenvalue weighted by molar-refractivity contribution is 6.27. The highest BCUT2D eigenvalue weighted by Crippen LogP contribution is 2.45. The monoisotopic (exact) mass is 635 g/mol. The van der Waals surface area contributed by atoms with Gasteiger partial charge in [-0.2, -0.15) is 0 Å². The number of nitrogens with zero attached hydrogens (tertiary/aromatic N) is 4. The molecule has 0 radical (unpaired) electrons. The van der Waals surface area contributed by atoms with Crippen LogP contribution in [0.5, 0.6) is 0 Å². The second-order valence-corrected chi connectivity index (χ2v) is 14.9. The van der Waals surface area contributed by atoms with E-state index in [1.807, 2.05) is 31.7 Å². The molecule has 45 heavy (non-hydrogen) atoms. The molecular formula is C36H47ClFN5O2. The topological polar surface area (TPSA) is 70.5 Å². The number of hydrogen-bond donors (Lipinski definition) is 1. The molecule has 0 aliphatic carbocycles. The van der Waals surface area contributed by atoms with E-state index in [-0.39, 0.29) is 28.9 Å². The van der Waals surface area contributed by atoms with Crippen molar-refractivity contribution in [3.05, 3.63) is 65.7 Å². The predicted molar refractivity (Wildman–Crippen MR) is 177 cm³/mol. The summed E-state index contributed by atoms with van der Waals surface area (Å²) in [6, 6.07) is 16.4. The Labute approximate surface area is 271 Å². The first-order valence-corrected chi connectivity index (χ1v) is 17.1. The molecule has 2 unspecified atom stereocenters. The van der Waals surface area contributed by atoms with E-state index in [1.165, 1.54) is 24.4 Å². The molecular weight excluding hydrogens is 589 g/mol. The maximum atomic E-state index is 14.6. The number of alkyl halides is 1. The van der Waals surface area contributed by atoms with Crippen LogP contribution in [0.3, 0.4) is 0 Å². The summed E-state index contributed by atoms with van der Waals surface area (Å²) in [5.41, 5.74) is 2.66. The first-order valence-electron chi connectivity index (χ1n) is 16.6. The Kier molecular flexibility index (Phi) is 9.01. The van der Waals surface area contributed by atoms with E-state index in [0.717, 1.165) is 55.6 Å². The van der Waals surface area contributed by atoms with Gasteiger partial charge in [-0.25, -0.2) is 9.37 Å². The zero-order valence-corrected chi connectivity index (χ0v) is 27.8. The van der Waals surface area contributed by atoms with Gasteiger partial charge in [-0.1, -0.05) is 45.0 Å². The number of amides is 2. The van der Waals surface area contributed by atoms with Crippen molar-refractivity contribution in [1.29, 1.82) is 0 Å². The quantitative estimate of drug-likeness (QED) is 0.292. The van der Waals surface area contributed by atoms with Crippen LogP contribution in [-0.2, 0) is 15.0 Å². The van der Waals surface area contributed by atoms with E-state index in [2.05, 4.69) is 52.0 Å². The molecule has 7 nitrogen and oxygen atoms in total. The first-order chi connectivity index (χ1) is 21.5. The Balaban J connectivity index is 1.17. The number of rotatable bonds is 8. The molecule has 1 N–H and O–H groups in total. The van der Waals surface area contributed by atoms with Gasteiger partial charge in [0.25, 0.3) is 0 Å². The number of aryl methyl sites for hydroxylation is 1. The summed E-state index contributed by atoms with van der Waals surface area (Å²) in [4.78, 5) is 35.4. The van der Waals surface area contributed by atoms with Gasteiger partial charge in [-0.3, -0.25) is 14.5 Å². The van der Waals surface area contributed by atoms with Crippen LogP contribution in [0.25, 0.3) is 11.0 Å². The van der Waals surface area contributed by atoms with E-state index in [9.17, 15) is 14.0 Å². The van der Waals surface area contributed by atoms with Crippen LogP contribution in [0, 0.1) is 18.2 Å². The summed E-state index contributed by atoms with van der Waals surface area (Å²) in [6.07, 6.45) is 7.11. The summed E-state index contributed by atoms with van der Waals surface area (Å²) < 4.78 is 17.1. The largest absolute Gasteiger partial charge is 0.343 e. The number of imidazole rings is 1. The lowest BCUT2D eigenvalue weighted by Gasteiger charge is -2.46. The Bertz CT molecular complexity index is 1530. The molecule has 3 aliphatic heterocycles. The third-order valence-electron chi connectivity index (χ3n) is 10.9. The Morgan fingerprint density at radius 3 is 2.38 bits per heavy atom. The fraction of sp³-hybridized carbons (Fsp3) is 0.583. The third kappa shape index (κ3) is 6.37. The molecule has 6 rings (SSSR count). The number of piperidine rings is 2. The maximum absolute atomic E-state index is 14.6. The minimum absolute atomic E-state index is 0.0729. The van der Waals surface area contributed by atoms with E-state index in [0.29, 0.717) is 31.2 Å². The van der Waals surface area contributed by atoms with Gasteiger partial charge in [0.05, 0.1) is 11.0 Å². The second kappa shape index (κ2) is 12.7. The average Bonchev–Trinajstić information content (AvgIpc) is 3.48. The number of aromatic nitrogens is 2. The predicted octanol–water partition coefficient (Wildman–Crippen LogP) is 6.37. The number of halogens is 2. The van der Waals surface area contributed by atoms with Gasteiger partial charge in [0.2, 0.25) is 11.8 Å². The summed E-state index contributed by atoms with van der Waals surface area (Å²) in [6.45, 7) is 10.1. The molecule has 3 aliphatic rings. The lowest BCUT2D eigenvalue weighted by molar-refractivity contribution is -0.140. The summed E-state index contributed by atoms with van der Waals surface area (Å²) in [5, 5.41) is 2.85. The lowest BCUT2D eigenvalue weighted by Crippen LogP contribution is -2.57. The number of benzene rings is 2. The van der Waals surface area contributed by atoms with Crippen molar-refractivity contribution in [3.63, 3.8) is 0 Å². The highest BCUT2D eigenvalue weighted by atomic mass is 35.5. The van der Waals surface area contributed by atoms with Crippen molar-refractivity contribution in [1.82, 2.24) is 24.7 Å². The van der Waals surface area contributed by atoms with Gasteiger partial charge in [-0.15, -0.1) is 11.6 Å². The van der Waals surface area contributed by atoms with Crippen LogP contribution in [-0.4, -0.2) is 74.8 Å². The molecule has 0 saturated carbocycles. The van der Waals surface area contributed by atoms with Crippen molar-refractivity contribution in [2.24, 2.45) is 5.41 Å². The number of nitrogens with one attached hydrogen (secondary N) is 1. The standard InChI is InChI=1S/C36H47ClFN5O2/c1-24-39-30-10-5-6-11-31(30)43(24)29-21-27-12-13-28(22-29)42(27)19-16-36(25-8-7-9-26(38)20-25)14-17-41(18-15-36)34(45)33(35(2,3)4)40-32(44)23-37/h5-11,20,27-29,33H,12-19,21-23H2,1-4H3,(H,40,44)/t27?,28?,29?,33-/m1/s1. The number of carbonyl (C=O) groups is 2. The first kappa shape index (κ1) is 32.0. The molecule has 3 saturated heterocycles.